The second kappa shape index (κ2) is 7.16. The van der Waals surface area contributed by atoms with E-state index in [-0.39, 0.29) is 21.8 Å². The maximum Gasteiger partial charge on any atom is 0.261 e. The monoisotopic (exact) mass is 448 g/mol. The van der Waals surface area contributed by atoms with E-state index in [2.05, 4.69) is 4.98 Å². The van der Waals surface area contributed by atoms with Crippen LogP contribution in [-0.4, -0.2) is 23.1 Å². The fourth-order valence-corrected chi connectivity index (χ4v) is 4.31. The lowest BCUT2D eigenvalue weighted by molar-refractivity contribution is 0.104. The predicted molar refractivity (Wildman–Crippen MR) is 109 cm³/mol. The SMILES string of the molecule is Cn1c(C(O)(c2ccccc2F)c2ccccc2F)nc2ccc(S(=O)(=O)Cl)cc21. The summed E-state index contributed by atoms with van der Waals surface area (Å²) in [5, 5.41) is 11.8. The highest BCUT2D eigenvalue weighted by Gasteiger charge is 2.42. The molecule has 0 aliphatic rings. The molecule has 0 bridgehead atoms. The summed E-state index contributed by atoms with van der Waals surface area (Å²) >= 11 is 0. The van der Waals surface area contributed by atoms with Crippen LogP contribution in [0.4, 0.5) is 8.78 Å². The highest BCUT2D eigenvalue weighted by molar-refractivity contribution is 8.13. The van der Waals surface area contributed by atoms with Gasteiger partial charge in [0.15, 0.2) is 11.4 Å². The molecule has 0 radical (unpaired) electrons. The van der Waals surface area contributed by atoms with Crippen molar-refractivity contribution in [1.29, 1.82) is 0 Å². The highest BCUT2D eigenvalue weighted by Crippen LogP contribution is 2.39. The van der Waals surface area contributed by atoms with Crippen molar-refractivity contribution < 1.29 is 22.3 Å². The Morgan fingerprint density at radius 2 is 1.50 bits per heavy atom. The van der Waals surface area contributed by atoms with Crippen LogP contribution in [0.2, 0.25) is 0 Å². The third-order valence-corrected chi connectivity index (χ3v) is 6.34. The zero-order chi connectivity index (χ0) is 21.7. The molecule has 0 spiro atoms. The van der Waals surface area contributed by atoms with Gasteiger partial charge in [-0.15, -0.1) is 0 Å². The van der Waals surface area contributed by atoms with Gasteiger partial charge in [-0.3, -0.25) is 0 Å². The van der Waals surface area contributed by atoms with Crippen LogP contribution in [0.25, 0.3) is 11.0 Å². The van der Waals surface area contributed by atoms with Crippen molar-refractivity contribution in [1.82, 2.24) is 9.55 Å². The van der Waals surface area contributed by atoms with Gasteiger partial charge in [-0.2, -0.15) is 0 Å². The molecular weight excluding hydrogens is 434 g/mol. The minimum absolute atomic E-state index is 0.0863. The number of halogens is 3. The maximum atomic E-state index is 14.8. The van der Waals surface area contributed by atoms with Gasteiger partial charge >= 0.3 is 0 Å². The summed E-state index contributed by atoms with van der Waals surface area (Å²) in [5.41, 5.74) is -2.04. The second-order valence-corrected chi connectivity index (χ2v) is 9.32. The van der Waals surface area contributed by atoms with Gasteiger partial charge in [-0.1, -0.05) is 36.4 Å². The van der Waals surface area contributed by atoms with Crippen LogP contribution in [0.5, 0.6) is 0 Å². The van der Waals surface area contributed by atoms with Crippen molar-refractivity contribution >= 4 is 30.8 Å². The zero-order valence-corrected chi connectivity index (χ0v) is 17.1. The molecule has 0 fully saturated rings. The lowest BCUT2D eigenvalue weighted by Gasteiger charge is -2.29. The Bertz CT molecular complexity index is 1340. The summed E-state index contributed by atoms with van der Waals surface area (Å²) in [6.07, 6.45) is 0. The van der Waals surface area contributed by atoms with E-state index >= 15 is 0 Å². The van der Waals surface area contributed by atoms with E-state index in [1.54, 1.807) is 0 Å². The standard InChI is InChI=1S/C21H15ClF2N2O3S/c1-26-19-12-13(30(22,28)29)10-11-18(19)25-20(26)21(27,14-6-2-4-8-16(14)23)15-7-3-5-9-17(15)24/h2-12,27H,1H3. The molecule has 1 N–H and O–H groups in total. The molecule has 4 aromatic rings. The molecule has 4 rings (SSSR count). The van der Waals surface area contributed by atoms with Gasteiger partial charge in [0.1, 0.15) is 11.6 Å². The Morgan fingerprint density at radius 3 is 2.00 bits per heavy atom. The lowest BCUT2D eigenvalue weighted by Crippen LogP contribution is -2.34. The molecule has 0 saturated carbocycles. The minimum Gasteiger partial charge on any atom is -0.373 e. The topological polar surface area (TPSA) is 72.2 Å². The van der Waals surface area contributed by atoms with Crippen LogP contribution in [0.1, 0.15) is 17.0 Å². The fourth-order valence-electron chi connectivity index (χ4n) is 3.54. The number of fused-ring (bicyclic) bond motifs is 1. The van der Waals surface area contributed by atoms with Crippen LogP contribution in [0.15, 0.2) is 71.6 Å². The molecule has 1 aromatic heterocycles. The molecule has 0 amide bonds. The van der Waals surface area contributed by atoms with Crippen LogP contribution >= 0.6 is 10.7 Å². The van der Waals surface area contributed by atoms with Gasteiger partial charge in [0.2, 0.25) is 0 Å². The van der Waals surface area contributed by atoms with Crippen LogP contribution < -0.4 is 0 Å². The molecule has 0 aliphatic carbocycles. The first kappa shape index (κ1) is 20.5. The highest BCUT2D eigenvalue weighted by atomic mass is 35.7. The second-order valence-electron chi connectivity index (χ2n) is 6.75. The normalized spacial score (nSPS) is 12.4. The number of imidazole rings is 1. The number of rotatable bonds is 4. The Labute approximate surface area is 175 Å². The molecule has 1 heterocycles. The minimum atomic E-state index is -4.01. The van der Waals surface area contributed by atoms with Crippen molar-refractivity contribution in [3.8, 4) is 0 Å². The van der Waals surface area contributed by atoms with Gasteiger partial charge in [0.05, 0.1) is 15.9 Å². The molecule has 0 saturated heterocycles. The molecule has 9 heteroatoms. The predicted octanol–water partition coefficient (Wildman–Crippen LogP) is 4.06. The first-order valence-corrected chi connectivity index (χ1v) is 11.1. The lowest BCUT2D eigenvalue weighted by atomic mass is 9.84. The van der Waals surface area contributed by atoms with E-state index in [1.165, 1.54) is 66.2 Å². The third-order valence-electron chi connectivity index (χ3n) is 4.98. The number of aliphatic hydroxyl groups is 1. The van der Waals surface area contributed by atoms with Gasteiger partial charge in [-0.05, 0) is 30.3 Å². The van der Waals surface area contributed by atoms with Crippen molar-refractivity contribution in [3.05, 3.63) is 95.3 Å². The number of hydrogen-bond acceptors (Lipinski definition) is 4. The average Bonchev–Trinajstić information content (AvgIpc) is 3.04. The molecule has 30 heavy (non-hydrogen) atoms. The molecule has 0 unspecified atom stereocenters. The van der Waals surface area contributed by atoms with Gasteiger partial charge in [0, 0.05) is 28.9 Å². The van der Waals surface area contributed by atoms with Gasteiger partial charge < -0.3 is 9.67 Å². The summed E-state index contributed by atoms with van der Waals surface area (Å²) in [6, 6.07) is 14.9. The third kappa shape index (κ3) is 3.17. The Hall–Kier alpha value is -2.81. The van der Waals surface area contributed by atoms with Crippen molar-refractivity contribution in [2.75, 3.05) is 0 Å². The number of benzene rings is 3. The Morgan fingerprint density at radius 1 is 0.967 bits per heavy atom. The number of nitrogens with zero attached hydrogens (tertiary/aromatic N) is 2. The summed E-state index contributed by atoms with van der Waals surface area (Å²) < 4.78 is 54.4. The van der Waals surface area contributed by atoms with E-state index in [9.17, 15) is 22.3 Å². The Balaban J connectivity index is 2.09. The molecular formula is C21H15ClF2N2O3S. The largest absolute Gasteiger partial charge is 0.373 e. The van der Waals surface area contributed by atoms with Crippen molar-refractivity contribution in [2.24, 2.45) is 7.05 Å². The van der Waals surface area contributed by atoms with E-state index in [4.69, 9.17) is 10.7 Å². The van der Waals surface area contributed by atoms with Crippen molar-refractivity contribution in [3.63, 3.8) is 0 Å². The molecule has 0 atom stereocenters. The number of aryl methyl sites for hydroxylation is 1. The van der Waals surface area contributed by atoms with E-state index in [0.717, 1.165) is 12.1 Å². The fraction of sp³-hybridized carbons (Fsp3) is 0.0952. The van der Waals surface area contributed by atoms with E-state index in [0.29, 0.717) is 11.0 Å². The molecule has 0 aliphatic heterocycles. The summed E-state index contributed by atoms with van der Waals surface area (Å²) in [5.74, 6) is -1.59. The average molecular weight is 449 g/mol. The van der Waals surface area contributed by atoms with Gasteiger partial charge in [-0.25, -0.2) is 22.2 Å². The summed E-state index contributed by atoms with van der Waals surface area (Å²) in [6.45, 7) is 0. The summed E-state index contributed by atoms with van der Waals surface area (Å²) in [4.78, 5) is 4.22. The first-order chi connectivity index (χ1) is 14.1. The Kier molecular flexibility index (Phi) is 4.88. The van der Waals surface area contributed by atoms with E-state index < -0.39 is 26.3 Å². The molecule has 5 nitrogen and oxygen atoms in total. The number of aromatic nitrogens is 2. The van der Waals surface area contributed by atoms with Crippen LogP contribution in [0, 0.1) is 11.6 Å². The zero-order valence-electron chi connectivity index (χ0n) is 15.6. The number of hydrogen-bond donors (Lipinski definition) is 1. The quantitative estimate of drug-likeness (QED) is 0.478. The van der Waals surface area contributed by atoms with Gasteiger partial charge in [0.25, 0.3) is 9.05 Å². The summed E-state index contributed by atoms with van der Waals surface area (Å²) in [7, 11) is 2.94. The smallest absolute Gasteiger partial charge is 0.261 e. The maximum absolute atomic E-state index is 14.8. The molecule has 3 aromatic carbocycles. The first-order valence-electron chi connectivity index (χ1n) is 8.78. The van der Waals surface area contributed by atoms with Crippen LogP contribution in [0.3, 0.4) is 0 Å². The van der Waals surface area contributed by atoms with E-state index in [1.807, 2.05) is 0 Å². The van der Waals surface area contributed by atoms with Crippen molar-refractivity contribution in [2.45, 2.75) is 10.5 Å². The van der Waals surface area contributed by atoms with Crippen LogP contribution in [-0.2, 0) is 21.7 Å². The molecule has 154 valence electrons.